The third-order valence-corrected chi connectivity index (χ3v) is 6.53. The average Bonchev–Trinajstić information content (AvgIpc) is 3.59. The number of benzene rings is 1. The summed E-state index contributed by atoms with van der Waals surface area (Å²) in [6.45, 7) is 1.93. The predicted molar refractivity (Wildman–Crippen MR) is 145 cm³/mol. The van der Waals surface area contributed by atoms with Gasteiger partial charge in [0.05, 0.1) is 24.5 Å². The molecule has 1 amide bonds. The standard InChI is InChI=1S/C23H24N6.C5H11NO3/c1-28-15-20(13-26-28)17-6-5-7-18(10-17)23-24-11-19(12-25-23)21-14-27-29(16-21)22-8-3-2-4-9-22;1-4(7)2-3-6-5(8)9/h5-7,10-16,22H,2-4,8-9H2,1H3;4,6-7H,2-3H2,1H3,(H,8,9). The second kappa shape index (κ2) is 13.0. The third kappa shape index (κ3) is 7.48. The zero-order chi connectivity index (χ0) is 26.9. The van der Waals surface area contributed by atoms with Crippen LogP contribution in [0.25, 0.3) is 33.6 Å². The zero-order valence-corrected chi connectivity index (χ0v) is 21.9. The number of aliphatic hydroxyl groups excluding tert-OH is 1. The fourth-order valence-electron chi connectivity index (χ4n) is 4.45. The summed E-state index contributed by atoms with van der Waals surface area (Å²) in [5, 5.41) is 27.7. The zero-order valence-electron chi connectivity index (χ0n) is 21.9. The molecular weight excluding hydrogens is 482 g/mol. The molecule has 10 nitrogen and oxygen atoms in total. The van der Waals surface area contributed by atoms with Gasteiger partial charge in [-0.25, -0.2) is 14.8 Å². The van der Waals surface area contributed by atoms with E-state index in [1.54, 1.807) is 11.6 Å². The van der Waals surface area contributed by atoms with E-state index in [1.807, 2.05) is 50.2 Å². The topological polar surface area (TPSA) is 131 Å². The fourth-order valence-corrected chi connectivity index (χ4v) is 4.45. The van der Waals surface area contributed by atoms with Crippen LogP contribution in [0.15, 0.2) is 61.4 Å². The lowest BCUT2D eigenvalue weighted by molar-refractivity contribution is 0.175. The van der Waals surface area contributed by atoms with Crippen LogP contribution in [0.5, 0.6) is 0 Å². The van der Waals surface area contributed by atoms with Gasteiger partial charge in [-0.3, -0.25) is 9.36 Å². The first-order valence-electron chi connectivity index (χ1n) is 13.0. The van der Waals surface area contributed by atoms with Crippen molar-refractivity contribution < 1.29 is 15.0 Å². The molecule has 1 unspecified atom stereocenters. The lowest BCUT2D eigenvalue weighted by Crippen LogP contribution is -2.24. The van der Waals surface area contributed by atoms with Gasteiger partial charge in [-0.05, 0) is 37.8 Å². The van der Waals surface area contributed by atoms with Crippen molar-refractivity contribution in [2.24, 2.45) is 7.05 Å². The van der Waals surface area contributed by atoms with Crippen LogP contribution in [0.4, 0.5) is 4.79 Å². The van der Waals surface area contributed by atoms with Crippen molar-refractivity contribution >= 4 is 6.09 Å². The van der Waals surface area contributed by atoms with Crippen LogP contribution in [0.1, 0.15) is 51.5 Å². The van der Waals surface area contributed by atoms with E-state index in [2.05, 4.69) is 48.5 Å². The number of hydrogen-bond acceptors (Lipinski definition) is 6. The Balaban J connectivity index is 0.000000323. The largest absolute Gasteiger partial charge is 0.465 e. The maximum Gasteiger partial charge on any atom is 0.404 e. The number of nitrogens with zero attached hydrogens (tertiary/aromatic N) is 6. The van der Waals surface area contributed by atoms with Crippen molar-refractivity contribution in [3.05, 3.63) is 61.4 Å². The molecule has 38 heavy (non-hydrogen) atoms. The molecule has 200 valence electrons. The van der Waals surface area contributed by atoms with Gasteiger partial charge in [0.25, 0.3) is 0 Å². The first kappa shape index (κ1) is 27.0. The summed E-state index contributed by atoms with van der Waals surface area (Å²) < 4.78 is 3.93. The molecule has 0 radical (unpaired) electrons. The second-order valence-corrected chi connectivity index (χ2v) is 9.65. The monoisotopic (exact) mass is 517 g/mol. The molecule has 0 saturated heterocycles. The van der Waals surface area contributed by atoms with Gasteiger partial charge in [0.2, 0.25) is 0 Å². The molecule has 1 fully saturated rings. The molecule has 3 aromatic heterocycles. The molecule has 0 aliphatic heterocycles. The number of aliphatic hydroxyl groups is 1. The van der Waals surface area contributed by atoms with Gasteiger partial charge in [0, 0.05) is 60.6 Å². The summed E-state index contributed by atoms with van der Waals surface area (Å²) in [6.07, 6.45) is 17.1. The normalized spacial score (nSPS) is 14.4. The number of aryl methyl sites for hydroxylation is 1. The molecule has 3 heterocycles. The molecule has 4 aromatic rings. The Morgan fingerprint density at radius 2 is 1.66 bits per heavy atom. The van der Waals surface area contributed by atoms with E-state index in [0.717, 1.165) is 33.6 Å². The number of rotatable bonds is 7. The van der Waals surface area contributed by atoms with Gasteiger partial charge in [-0.15, -0.1) is 0 Å². The van der Waals surface area contributed by atoms with Crippen LogP contribution >= 0.6 is 0 Å². The number of amides is 1. The number of nitrogens with one attached hydrogen (secondary N) is 1. The van der Waals surface area contributed by atoms with E-state index < -0.39 is 12.2 Å². The van der Waals surface area contributed by atoms with Gasteiger partial charge in [0.15, 0.2) is 5.82 Å². The van der Waals surface area contributed by atoms with E-state index in [1.165, 1.54) is 32.1 Å². The van der Waals surface area contributed by atoms with Crippen LogP contribution in [0.3, 0.4) is 0 Å². The maximum absolute atomic E-state index is 9.79. The molecule has 1 aliphatic carbocycles. The Hall–Kier alpha value is -4.05. The maximum atomic E-state index is 9.79. The molecule has 0 bridgehead atoms. The number of carbonyl (C=O) groups is 1. The lowest BCUT2D eigenvalue weighted by atomic mass is 9.96. The summed E-state index contributed by atoms with van der Waals surface area (Å²) >= 11 is 0. The van der Waals surface area contributed by atoms with Gasteiger partial charge in [0.1, 0.15) is 0 Å². The summed E-state index contributed by atoms with van der Waals surface area (Å²) in [7, 11) is 1.92. The highest BCUT2D eigenvalue weighted by Crippen LogP contribution is 2.29. The molecule has 0 spiro atoms. The summed E-state index contributed by atoms with van der Waals surface area (Å²) in [5.74, 6) is 0.721. The highest BCUT2D eigenvalue weighted by molar-refractivity contribution is 5.70. The SMILES string of the molecule is CC(O)CCNC(=O)O.Cn1cc(-c2cccc(-c3ncc(-c4cnn(C5CCCCC5)c4)cn3)c2)cn1. The van der Waals surface area contributed by atoms with Crippen LogP contribution in [-0.2, 0) is 7.05 Å². The number of carboxylic acid groups (broad SMARTS) is 1. The van der Waals surface area contributed by atoms with Crippen LogP contribution in [-0.4, -0.2) is 58.5 Å². The van der Waals surface area contributed by atoms with Crippen molar-refractivity contribution in [2.45, 2.75) is 57.6 Å². The van der Waals surface area contributed by atoms with Gasteiger partial charge in [-0.2, -0.15) is 10.2 Å². The smallest absolute Gasteiger partial charge is 0.404 e. The van der Waals surface area contributed by atoms with Crippen molar-refractivity contribution in [2.75, 3.05) is 6.54 Å². The minimum absolute atomic E-state index is 0.312. The average molecular weight is 518 g/mol. The van der Waals surface area contributed by atoms with Crippen molar-refractivity contribution in [3.8, 4) is 33.6 Å². The van der Waals surface area contributed by atoms with E-state index in [9.17, 15) is 4.79 Å². The molecule has 1 atom stereocenters. The van der Waals surface area contributed by atoms with E-state index >= 15 is 0 Å². The highest BCUT2D eigenvalue weighted by atomic mass is 16.4. The minimum Gasteiger partial charge on any atom is -0.465 e. The fraction of sp³-hybridized carbons (Fsp3) is 0.393. The molecule has 5 rings (SSSR count). The van der Waals surface area contributed by atoms with Crippen LogP contribution < -0.4 is 5.32 Å². The van der Waals surface area contributed by atoms with Gasteiger partial charge in [-0.1, -0.05) is 37.5 Å². The van der Waals surface area contributed by atoms with Crippen LogP contribution in [0.2, 0.25) is 0 Å². The summed E-state index contributed by atoms with van der Waals surface area (Å²) in [4.78, 5) is 19.0. The van der Waals surface area contributed by atoms with E-state index in [4.69, 9.17) is 10.2 Å². The summed E-state index contributed by atoms with van der Waals surface area (Å²) in [5.41, 5.74) is 5.26. The van der Waals surface area contributed by atoms with Crippen LogP contribution in [0, 0.1) is 0 Å². The number of aromatic nitrogens is 6. The minimum atomic E-state index is -1.05. The Labute approximate surface area is 222 Å². The van der Waals surface area contributed by atoms with Gasteiger partial charge >= 0.3 is 6.09 Å². The molecule has 1 aliphatic rings. The first-order valence-corrected chi connectivity index (χ1v) is 13.0. The highest BCUT2D eigenvalue weighted by Gasteiger charge is 2.16. The van der Waals surface area contributed by atoms with Crippen molar-refractivity contribution in [1.82, 2.24) is 34.8 Å². The Bertz CT molecular complexity index is 1310. The Morgan fingerprint density at radius 3 is 2.32 bits per heavy atom. The lowest BCUT2D eigenvalue weighted by Gasteiger charge is -2.21. The Kier molecular flexibility index (Phi) is 9.21. The first-order chi connectivity index (χ1) is 18.4. The van der Waals surface area contributed by atoms with E-state index in [0.29, 0.717) is 19.0 Å². The molecule has 3 N–H and O–H groups in total. The quantitative estimate of drug-likeness (QED) is 0.316. The van der Waals surface area contributed by atoms with Crippen molar-refractivity contribution in [3.63, 3.8) is 0 Å². The predicted octanol–water partition coefficient (Wildman–Crippen LogP) is 4.94. The summed E-state index contributed by atoms with van der Waals surface area (Å²) in [6, 6.07) is 8.79. The van der Waals surface area contributed by atoms with E-state index in [-0.39, 0.29) is 0 Å². The Morgan fingerprint density at radius 1 is 0.974 bits per heavy atom. The van der Waals surface area contributed by atoms with Crippen molar-refractivity contribution in [1.29, 1.82) is 0 Å². The molecular formula is C28H35N7O3. The second-order valence-electron chi connectivity index (χ2n) is 9.65. The molecule has 1 saturated carbocycles. The number of hydrogen-bond donors (Lipinski definition) is 3. The third-order valence-electron chi connectivity index (χ3n) is 6.53. The van der Waals surface area contributed by atoms with Gasteiger partial charge < -0.3 is 15.5 Å². The molecule has 1 aromatic carbocycles. The molecule has 10 heteroatoms.